The molecule has 0 saturated heterocycles. The Hall–Kier alpha value is -8.29. The van der Waals surface area contributed by atoms with Crippen molar-refractivity contribution >= 4 is 82.4 Å². The summed E-state index contributed by atoms with van der Waals surface area (Å²) < 4.78 is 6.18. The molecule has 0 aliphatic heterocycles. The molecule has 0 radical (unpaired) electrons. The fourth-order valence-electron chi connectivity index (χ4n) is 8.49. The third kappa shape index (κ3) is 5.79. The van der Waals surface area contributed by atoms with Crippen LogP contribution < -0.4 is 4.90 Å². The van der Waals surface area contributed by atoms with Gasteiger partial charge >= 0.3 is 0 Å². The van der Waals surface area contributed by atoms with E-state index in [-0.39, 0.29) is 0 Å². The molecule has 0 aliphatic carbocycles. The first-order chi connectivity index (χ1) is 29.7. The van der Waals surface area contributed by atoms with E-state index in [2.05, 4.69) is 145 Å². The molecule has 0 unspecified atom stereocenters. The van der Waals surface area contributed by atoms with Gasteiger partial charge in [-0.15, -0.1) is 0 Å². The van der Waals surface area contributed by atoms with Crippen LogP contribution >= 0.6 is 0 Å². The second-order valence-electron chi connectivity index (χ2n) is 15.1. The fraction of sp³-hybridized carbons (Fsp3) is 0. The highest BCUT2D eigenvalue weighted by Crippen LogP contribution is 2.41. The third-order valence-corrected chi connectivity index (χ3v) is 11.5. The van der Waals surface area contributed by atoms with Crippen LogP contribution in [0, 0.1) is 0 Å². The molecule has 12 rings (SSSR count). The van der Waals surface area contributed by atoms with Crippen LogP contribution in [0.2, 0.25) is 0 Å². The van der Waals surface area contributed by atoms with Gasteiger partial charge in [-0.2, -0.15) is 0 Å². The molecule has 0 spiro atoms. The molecular formula is C53H32N6O. The predicted octanol–water partition coefficient (Wildman–Crippen LogP) is 13.6. The quantitative estimate of drug-likeness (QED) is 0.167. The van der Waals surface area contributed by atoms with Crippen LogP contribution in [-0.4, -0.2) is 24.9 Å². The van der Waals surface area contributed by atoms with E-state index in [1.165, 1.54) is 0 Å². The smallest absolute Gasteiger partial charge is 0.154 e. The van der Waals surface area contributed by atoms with Crippen LogP contribution in [0.5, 0.6) is 0 Å². The van der Waals surface area contributed by atoms with Crippen molar-refractivity contribution in [3.8, 4) is 33.4 Å². The monoisotopic (exact) mass is 768 g/mol. The summed E-state index contributed by atoms with van der Waals surface area (Å²) in [4.78, 5) is 24.7. The average molecular weight is 769 g/mol. The molecule has 7 heteroatoms. The maximum atomic E-state index is 6.18. The number of hydrogen-bond acceptors (Lipinski definition) is 7. The topological polar surface area (TPSA) is 80.8 Å². The fourth-order valence-corrected chi connectivity index (χ4v) is 8.49. The summed E-state index contributed by atoms with van der Waals surface area (Å²) in [5, 5.41) is 8.89. The molecule has 0 amide bonds. The summed E-state index contributed by atoms with van der Waals surface area (Å²) in [5.41, 5.74) is 13.1. The zero-order chi connectivity index (χ0) is 39.6. The molecule has 0 saturated carbocycles. The van der Waals surface area contributed by atoms with Gasteiger partial charge in [-0.1, -0.05) is 66.7 Å². The highest BCUT2D eigenvalue weighted by atomic mass is 16.3. The van der Waals surface area contributed by atoms with Gasteiger partial charge in [0.25, 0.3) is 0 Å². The number of furan rings is 1. The van der Waals surface area contributed by atoms with Crippen LogP contribution in [0.4, 0.5) is 17.1 Å². The molecule has 7 nitrogen and oxygen atoms in total. The zero-order valence-corrected chi connectivity index (χ0v) is 32.1. The molecule has 0 atom stereocenters. The Balaban J connectivity index is 0.955. The Labute approximate surface area is 343 Å². The first-order valence-corrected chi connectivity index (χ1v) is 19.8. The van der Waals surface area contributed by atoms with E-state index in [0.29, 0.717) is 0 Å². The Morgan fingerprint density at radius 2 is 0.900 bits per heavy atom. The van der Waals surface area contributed by atoms with Crippen LogP contribution in [0.15, 0.2) is 200 Å². The van der Waals surface area contributed by atoms with E-state index >= 15 is 0 Å². The summed E-state index contributed by atoms with van der Waals surface area (Å²) in [6.07, 6.45) is 14.8. The molecule has 6 heterocycles. The van der Waals surface area contributed by atoms with Gasteiger partial charge in [0.15, 0.2) is 5.58 Å². The normalized spacial score (nSPS) is 11.7. The summed E-state index contributed by atoms with van der Waals surface area (Å²) in [5.74, 6) is 0. The first kappa shape index (κ1) is 33.8. The Kier molecular flexibility index (Phi) is 7.71. The molecule has 6 aromatic heterocycles. The number of aromatic nitrogens is 5. The highest BCUT2D eigenvalue weighted by molar-refractivity contribution is 6.12. The number of benzene rings is 6. The predicted molar refractivity (Wildman–Crippen MR) is 244 cm³/mol. The van der Waals surface area contributed by atoms with E-state index in [1.54, 1.807) is 18.6 Å². The van der Waals surface area contributed by atoms with Gasteiger partial charge in [0.05, 0.1) is 29.6 Å². The SMILES string of the molecule is c1ccc2c(c1)oc1cncc(-c3ccc(N(c4ccc5cc(-c6cnc7cnccc7c6)ccc5c4)c4ccc5cc(-c6cnc7cnccc7c6)ccc5c4)cc3)c12. The molecule has 60 heavy (non-hydrogen) atoms. The lowest BCUT2D eigenvalue weighted by Crippen LogP contribution is -2.10. The number of hydrogen-bond donors (Lipinski definition) is 0. The summed E-state index contributed by atoms with van der Waals surface area (Å²) in [6, 6.07) is 51.9. The number of anilines is 3. The molecule has 0 N–H and O–H groups in total. The summed E-state index contributed by atoms with van der Waals surface area (Å²) >= 11 is 0. The molecule has 0 fully saturated rings. The first-order valence-electron chi connectivity index (χ1n) is 19.8. The molecule has 0 aliphatic rings. The van der Waals surface area contributed by atoms with E-state index < -0.39 is 0 Å². The average Bonchev–Trinajstić information content (AvgIpc) is 3.70. The molecule has 0 bridgehead atoms. The van der Waals surface area contributed by atoms with Crippen LogP contribution in [-0.2, 0) is 0 Å². The largest absolute Gasteiger partial charge is 0.454 e. The third-order valence-electron chi connectivity index (χ3n) is 11.5. The van der Waals surface area contributed by atoms with Gasteiger partial charge in [-0.05, 0) is 117 Å². The number of para-hydroxylation sites is 1. The lowest BCUT2D eigenvalue weighted by Gasteiger charge is -2.26. The number of pyridine rings is 5. The number of rotatable bonds is 6. The number of nitrogens with zero attached hydrogens (tertiary/aromatic N) is 6. The maximum Gasteiger partial charge on any atom is 0.154 e. The van der Waals surface area contributed by atoms with Gasteiger partial charge in [0.1, 0.15) is 5.58 Å². The summed E-state index contributed by atoms with van der Waals surface area (Å²) in [7, 11) is 0. The van der Waals surface area contributed by atoms with Crippen molar-refractivity contribution < 1.29 is 4.42 Å². The van der Waals surface area contributed by atoms with Crippen molar-refractivity contribution in [1.82, 2.24) is 24.9 Å². The van der Waals surface area contributed by atoms with Crippen LogP contribution in [0.3, 0.4) is 0 Å². The van der Waals surface area contributed by atoms with Gasteiger partial charge < -0.3 is 9.32 Å². The second kappa shape index (κ2) is 13.7. The minimum absolute atomic E-state index is 0.779. The van der Waals surface area contributed by atoms with Gasteiger partial charge in [-0.25, -0.2) is 0 Å². The minimum Gasteiger partial charge on any atom is -0.454 e. The highest BCUT2D eigenvalue weighted by Gasteiger charge is 2.17. The van der Waals surface area contributed by atoms with E-state index in [1.807, 2.05) is 61.3 Å². The molecule has 280 valence electrons. The zero-order valence-electron chi connectivity index (χ0n) is 32.1. The Morgan fingerprint density at radius 3 is 1.53 bits per heavy atom. The van der Waals surface area contributed by atoms with Crippen LogP contribution in [0.25, 0.3) is 98.7 Å². The van der Waals surface area contributed by atoms with Crippen molar-refractivity contribution in [2.45, 2.75) is 0 Å². The second-order valence-corrected chi connectivity index (χ2v) is 15.1. The van der Waals surface area contributed by atoms with Crippen molar-refractivity contribution in [2.24, 2.45) is 0 Å². The van der Waals surface area contributed by atoms with Crippen molar-refractivity contribution in [2.75, 3.05) is 4.90 Å². The Morgan fingerprint density at radius 1 is 0.367 bits per heavy atom. The molecular weight excluding hydrogens is 737 g/mol. The maximum absolute atomic E-state index is 6.18. The standard InChI is InChI=1S/C53H32N6O/c1-2-4-51-47(3-1)53-48(29-56-32-52(53)60-51)33-9-13-44(14-10-33)59(45-15-11-34-21-36(5-7-38(34)25-45)42-23-40-17-19-54-30-49(40)57-27-42)46-16-12-35-22-37(6-8-39(35)26-46)43-24-41-18-20-55-31-50(41)58-28-43/h1-32H. The van der Waals surface area contributed by atoms with Crippen molar-refractivity contribution in [3.05, 3.63) is 195 Å². The number of fused-ring (bicyclic) bond motifs is 7. The van der Waals surface area contributed by atoms with Crippen LogP contribution in [0.1, 0.15) is 0 Å². The van der Waals surface area contributed by atoms with E-state index in [9.17, 15) is 0 Å². The van der Waals surface area contributed by atoms with Gasteiger partial charge in [0, 0.05) is 86.3 Å². The molecule has 6 aromatic carbocycles. The lowest BCUT2D eigenvalue weighted by molar-refractivity contribution is 0.667. The van der Waals surface area contributed by atoms with Gasteiger partial charge in [-0.3, -0.25) is 24.9 Å². The van der Waals surface area contributed by atoms with Gasteiger partial charge in [0.2, 0.25) is 0 Å². The van der Waals surface area contributed by atoms with Crippen molar-refractivity contribution in [1.29, 1.82) is 0 Å². The van der Waals surface area contributed by atoms with E-state index in [0.717, 1.165) is 116 Å². The van der Waals surface area contributed by atoms with Crippen molar-refractivity contribution in [3.63, 3.8) is 0 Å². The Bertz CT molecular complexity index is 3470. The lowest BCUT2D eigenvalue weighted by atomic mass is 9.99. The summed E-state index contributed by atoms with van der Waals surface area (Å²) in [6.45, 7) is 0. The molecule has 12 aromatic rings. The minimum atomic E-state index is 0.779. The van der Waals surface area contributed by atoms with E-state index in [4.69, 9.17) is 4.42 Å².